The molecule has 0 bridgehead atoms. The van der Waals surface area contributed by atoms with Crippen LogP contribution in [0.5, 0.6) is 0 Å². The summed E-state index contributed by atoms with van der Waals surface area (Å²) in [6.45, 7) is 0.153. The van der Waals surface area contributed by atoms with E-state index in [1.165, 1.54) is 7.11 Å². The van der Waals surface area contributed by atoms with Gasteiger partial charge in [0.15, 0.2) is 6.79 Å². The molecule has 0 amide bonds. The van der Waals surface area contributed by atoms with Gasteiger partial charge in [-0.25, -0.2) is 4.84 Å². The fraction of sp³-hybridized carbons (Fsp3) is 0.250. The third kappa shape index (κ3) is 3.45. The summed E-state index contributed by atoms with van der Waals surface area (Å²) >= 11 is 5.00. The van der Waals surface area contributed by atoms with Crippen LogP contribution in [0, 0.1) is 0 Å². The molecule has 0 radical (unpaired) electrons. The second kappa shape index (κ2) is 5.58. The van der Waals surface area contributed by atoms with Crippen molar-refractivity contribution in [3.63, 3.8) is 0 Å². The molecule has 0 spiro atoms. The Labute approximate surface area is 81.8 Å². The van der Waals surface area contributed by atoms with Crippen LogP contribution in [0.3, 0.4) is 0 Å². The first-order valence-electron chi connectivity index (χ1n) is 3.65. The highest BCUT2D eigenvalue weighted by Gasteiger charge is 1.98. The van der Waals surface area contributed by atoms with Gasteiger partial charge in [-0.05, 0) is 12.1 Å². The smallest absolute Gasteiger partial charge is 0.172 e. The monoisotopic (exact) mass is 198 g/mol. The third-order valence-electron chi connectivity index (χ3n) is 1.27. The average Bonchev–Trinajstić information content (AvgIpc) is 2.19. The Morgan fingerprint density at radius 1 is 1.69 bits per heavy atom. The van der Waals surface area contributed by atoms with E-state index in [2.05, 4.69) is 15.2 Å². The maximum atomic E-state index is 5.00. The second-order valence-corrected chi connectivity index (χ2v) is 2.63. The van der Waals surface area contributed by atoms with Gasteiger partial charge in [0.1, 0.15) is 4.99 Å². The molecule has 70 valence electrons. The van der Waals surface area contributed by atoms with E-state index in [9.17, 15) is 0 Å². The quantitative estimate of drug-likeness (QED) is 0.337. The van der Waals surface area contributed by atoms with Crippen LogP contribution in [-0.4, -0.2) is 23.9 Å². The molecule has 0 saturated carbocycles. The van der Waals surface area contributed by atoms with Crippen LogP contribution in [0.4, 0.5) is 0 Å². The molecule has 0 saturated heterocycles. The van der Waals surface area contributed by atoms with Crippen molar-refractivity contribution in [1.82, 2.24) is 10.5 Å². The molecular weight excluding hydrogens is 188 g/mol. The summed E-state index contributed by atoms with van der Waals surface area (Å²) in [5.74, 6) is 0. The number of nitrogens with zero attached hydrogens (tertiary/aromatic N) is 1. The van der Waals surface area contributed by atoms with Crippen molar-refractivity contribution < 1.29 is 9.57 Å². The number of hydrogen-bond acceptors (Lipinski definition) is 4. The molecule has 13 heavy (non-hydrogen) atoms. The number of aromatic nitrogens is 1. The summed E-state index contributed by atoms with van der Waals surface area (Å²) in [6.07, 6.45) is 3.34. The lowest BCUT2D eigenvalue weighted by Gasteiger charge is -2.06. The molecule has 1 aromatic heterocycles. The van der Waals surface area contributed by atoms with Crippen LogP contribution in [0.2, 0.25) is 0 Å². The van der Waals surface area contributed by atoms with Crippen molar-refractivity contribution in [2.45, 2.75) is 0 Å². The van der Waals surface area contributed by atoms with E-state index >= 15 is 0 Å². The van der Waals surface area contributed by atoms with E-state index in [0.717, 1.165) is 5.56 Å². The summed E-state index contributed by atoms with van der Waals surface area (Å²) in [7, 11) is 1.54. The van der Waals surface area contributed by atoms with Gasteiger partial charge in [-0.2, -0.15) is 0 Å². The fourth-order valence-electron chi connectivity index (χ4n) is 0.710. The van der Waals surface area contributed by atoms with E-state index in [4.69, 9.17) is 17.1 Å². The molecule has 0 unspecified atom stereocenters. The second-order valence-electron chi connectivity index (χ2n) is 2.22. The lowest BCUT2D eigenvalue weighted by atomic mass is 10.3. The average molecular weight is 198 g/mol. The van der Waals surface area contributed by atoms with Crippen molar-refractivity contribution >= 4 is 17.2 Å². The predicted molar refractivity (Wildman–Crippen MR) is 52.0 cm³/mol. The highest BCUT2D eigenvalue weighted by molar-refractivity contribution is 7.80. The minimum absolute atomic E-state index is 0.153. The van der Waals surface area contributed by atoms with Crippen molar-refractivity contribution in [3.8, 4) is 0 Å². The number of methoxy groups -OCH3 is 1. The fourth-order valence-corrected chi connectivity index (χ4v) is 0.890. The first-order chi connectivity index (χ1) is 6.34. The topological polar surface area (TPSA) is 43.4 Å². The molecule has 0 aliphatic rings. The molecule has 0 aliphatic carbocycles. The molecular formula is C8H10N2O2S. The summed E-state index contributed by atoms with van der Waals surface area (Å²) in [5.41, 5.74) is 3.38. The molecule has 1 heterocycles. The van der Waals surface area contributed by atoms with Crippen molar-refractivity contribution in [1.29, 1.82) is 0 Å². The summed E-state index contributed by atoms with van der Waals surface area (Å²) in [4.78, 5) is 9.27. The largest absolute Gasteiger partial charge is 0.356 e. The van der Waals surface area contributed by atoms with Crippen LogP contribution >= 0.6 is 12.2 Å². The molecule has 0 aromatic carbocycles. The zero-order chi connectivity index (χ0) is 9.52. The molecule has 0 aliphatic heterocycles. The summed E-state index contributed by atoms with van der Waals surface area (Å²) in [6, 6.07) is 3.65. The Kier molecular flexibility index (Phi) is 4.31. The molecule has 1 N–H and O–H groups in total. The van der Waals surface area contributed by atoms with Crippen molar-refractivity contribution in [2.75, 3.05) is 13.9 Å². The van der Waals surface area contributed by atoms with E-state index in [1.54, 1.807) is 18.5 Å². The number of rotatable bonds is 4. The molecule has 1 aromatic rings. The van der Waals surface area contributed by atoms with Gasteiger partial charge < -0.3 is 4.74 Å². The van der Waals surface area contributed by atoms with Gasteiger partial charge in [-0.1, -0.05) is 12.2 Å². The maximum absolute atomic E-state index is 5.00. The van der Waals surface area contributed by atoms with Crippen molar-refractivity contribution in [2.24, 2.45) is 0 Å². The van der Waals surface area contributed by atoms with Gasteiger partial charge >= 0.3 is 0 Å². The number of ether oxygens (including phenoxy) is 1. The van der Waals surface area contributed by atoms with Crippen molar-refractivity contribution in [3.05, 3.63) is 30.1 Å². The Morgan fingerprint density at radius 2 is 2.54 bits per heavy atom. The normalized spacial score (nSPS) is 9.62. The maximum Gasteiger partial charge on any atom is 0.172 e. The molecule has 5 heteroatoms. The van der Waals surface area contributed by atoms with E-state index in [-0.39, 0.29) is 6.79 Å². The highest BCUT2D eigenvalue weighted by atomic mass is 32.1. The lowest BCUT2D eigenvalue weighted by molar-refractivity contribution is -0.0580. The predicted octanol–water partition coefficient (Wildman–Crippen LogP) is 0.882. The molecule has 1 rings (SSSR count). The molecule has 4 nitrogen and oxygen atoms in total. The zero-order valence-electron chi connectivity index (χ0n) is 7.19. The van der Waals surface area contributed by atoms with Crippen LogP contribution in [0.25, 0.3) is 0 Å². The Balaban J connectivity index is 2.40. The first kappa shape index (κ1) is 10.0. The minimum atomic E-state index is 0.153. The standard InChI is InChI=1S/C8H10N2O2S/c1-11-6-12-10-8(13)7-3-2-4-9-5-7/h2-5H,6H2,1H3,(H,10,13). The van der Waals surface area contributed by atoms with E-state index in [1.807, 2.05) is 6.07 Å². The Morgan fingerprint density at radius 3 is 3.15 bits per heavy atom. The van der Waals surface area contributed by atoms with Crippen LogP contribution in [0.1, 0.15) is 5.56 Å². The number of hydrogen-bond donors (Lipinski definition) is 1. The number of hydroxylamine groups is 1. The number of pyridine rings is 1. The van der Waals surface area contributed by atoms with Gasteiger partial charge in [0, 0.05) is 25.1 Å². The number of nitrogens with one attached hydrogen (secondary N) is 1. The van der Waals surface area contributed by atoms with Crippen LogP contribution < -0.4 is 5.48 Å². The lowest BCUT2D eigenvalue weighted by Crippen LogP contribution is -2.23. The summed E-state index contributed by atoms with van der Waals surface area (Å²) < 4.78 is 4.67. The first-order valence-corrected chi connectivity index (χ1v) is 4.06. The summed E-state index contributed by atoms with van der Waals surface area (Å²) in [5, 5.41) is 0. The Hall–Kier alpha value is -1.04. The van der Waals surface area contributed by atoms with Gasteiger partial charge in [-0.3, -0.25) is 10.5 Å². The van der Waals surface area contributed by atoms with Gasteiger partial charge in [0.2, 0.25) is 0 Å². The third-order valence-corrected chi connectivity index (χ3v) is 1.58. The minimum Gasteiger partial charge on any atom is -0.356 e. The van der Waals surface area contributed by atoms with Gasteiger partial charge in [0.05, 0.1) is 0 Å². The highest BCUT2D eigenvalue weighted by Crippen LogP contribution is 1.96. The Bertz CT molecular complexity index is 266. The zero-order valence-corrected chi connectivity index (χ0v) is 8.00. The SMILES string of the molecule is COCONC(=S)c1cccnc1. The van der Waals surface area contributed by atoms with E-state index in [0.29, 0.717) is 4.99 Å². The van der Waals surface area contributed by atoms with Gasteiger partial charge in [-0.15, -0.1) is 0 Å². The number of thiocarbonyl (C=S) groups is 1. The molecule has 0 atom stereocenters. The molecule has 0 fully saturated rings. The van der Waals surface area contributed by atoms with Crippen LogP contribution in [-0.2, 0) is 9.57 Å². The van der Waals surface area contributed by atoms with Crippen LogP contribution in [0.15, 0.2) is 24.5 Å². The van der Waals surface area contributed by atoms with Gasteiger partial charge in [0.25, 0.3) is 0 Å². The van der Waals surface area contributed by atoms with E-state index < -0.39 is 0 Å².